The maximum atomic E-state index is 12.2. The molecule has 0 fully saturated rings. The highest BCUT2D eigenvalue weighted by Crippen LogP contribution is 2.23. The fraction of sp³-hybridized carbons (Fsp3) is 0.429. The SMILES string of the molecule is CNC(=O)NC(=O)[C@H](C)Nc1ccc(C)c(OCC(F)F)c1. The molecule has 0 spiro atoms. The number of benzene rings is 1. The molecule has 0 aromatic heterocycles. The number of imide groups is 1. The van der Waals surface area contributed by atoms with Crippen molar-refractivity contribution in [1.82, 2.24) is 10.6 Å². The van der Waals surface area contributed by atoms with Gasteiger partial charge in [0.05, 0.1) is 0 Å². The summed E-state index contributed by atoms with van der Waals surface area (Å²) in [7, 11) is 1.40. The van der Waals surface area contributed by atoms with Crippen LogP contribution in [0.5, 0.6) is 5.75 Å². The van der Waals surface area contributed by atoms with Crippen molar-refractivity contribution < 1.29 is 23.1 Å². The van der Waals surface area contributed by atoms with Gasteiger partial charge in [-0.05, 0) is 25.5 Å². The highest BCUT2D eigenvalue weighted by Gasteiger charge is 2.15. The van der Waals surface area contributed by atoms with Crippen LogP contribution in [0.15, 0.2) is 18.2 Å². The number of ether oxygens (including phenoxy) is 1. The Bertz CT molecular complexity index is 538. The molecule has 1 aromatic rings. The van der Waals surface area contributed by atoms with Gasteiger partial charge in [-0.1, -0.05) is 6.07 Å². The van der Waals surface area contributed by atoms with Gasteiger partial charge in [-0.15, -0.1) is 0 Å². The largest absolute Gasteiger partial charge is 0.487 e. The van der Waals surface area contributed by atoms with E-state index in [1.807, 2.05) is 0 Å². The smallest absolute Gasteiger partial charge is 0.321 e. The molecule has 0 radical (unpaired) electrons. The van der Waals surface area contributed by atoms with Crippen molar-refractivity contribution in [3.8, 4) is 5.75 Å². The van der Waals surface area contributed by atoms with Gasteiger partial charge in [0.2, 0.25) is 5.91 Å². The Hall–Kier alpha value is -2.38. The quantitative estimate of drug-likeness (QED) is 0.749. The summed E-state index contributed by atoms with van der Waals surface area (Å²) in [6, 6.07) is 3.61. The monoisotopic (exact) mass is 315 g/mol. The van der Waals surface area contributed by atoms with Gasteiger partial charge in [0, 0.05) is 18.8 Å². The number of nitrogens with one attached hydrogen (secondary N) is 3. The van der Waals surface area contributed by atoms with Gasteiger partial charge in [-0.2, -0.15) is 0 Å². The van der Waals surface area contributed by atoms with Gasteiger partial charge in [0.1, 0.15) is 18.4 Å². The van der Waals surface area contributed by atoms with Crippen LogP contribution < -0.4 is 20.7 Å². The molecule has 0 aliphatic carbocycles. The molecule has 1 aromatic carbocycles. The number of hydrogen-bond donors (Lipinski definition) is 3. The average Bonchev–Trinajstić information content (AvgIpc) is 2.47. The third kappa shape index (κ3) is 5.55. The minimum Gasteiger partial charge on any atom is -0.487 e. The van der Waals surface area contributed by atoms with Crippen LogP contribution in [0.4, 0.5) is 19.3 Å². The highest BCUT2D eigenvalue weighted by atomic mass is 19.3. The maximum Gasteiger partial charge on any atom is 0.321 e. The van der Waals surface area contributed by atoms with E-state index in [2.05, 4.69) is 16.0 Å². The van der Waals surface area contributed by atoms with Gasteiger partial charge in [-0.25, -0.2) is 13.6 Å². The second-order valence-corrected chi connectivity index (χ2v) is 4.62. The van der Waals surface area contributed by atoms with Crippen molar-refractivity contribution in [3.05, 3.63) is 23.8 Å². The summed E-state index contributed by atoms with van der Waals surface area (Å²) in [4.78, 5) is 22.8. The van der Waals surface area contributed by atoms with E-state index in [1.54, 1.807) is 26.0 Å². The number of halogens is 2. The Balaban J connectivity index is 2.70. The first-order chi connectivity index (χ1) is 10.3. The lowest BCUT2D eigenvalue weighted by molar-refractivity contribution is -0.120. The molecule has 3 N–H and O–H groups in total. The van der Waals surface area contributed by atoms with Crippen molar-refractivity contribution in [2.75, 3.05) is 19.0 Å². The van der Waals surface area contributed by atoms with E-state index in [-0.39, 0.29) is 0 Å². The van der Waals surface area contributed by atoms with Crippen LogP contribution in [0.25, 0.3) is 0 Å². The molecule has 0 aliphatic heterocycles. The van der Waals surface area contributed by atoms with E-state index >= 15 is 0 Å². The molecule has 3 amide bonds. The van der Waals surface area contributed by atoms with Crippen LogP contribution in [0.2, 0.25) is 0 Å². The van der Waals surface area contributed by atoms with Crippen LogP contribution >= 0.6 is 0 Å². The van der Waals surface area contributed by atoms with Gasteiger partial charge < -0.3 is 15.4 Å². The number of anilines is 1. The Kier molecular flexibility index (Phi) is 6.55. The molecule has 1 atom stereocenters. The molecule has 8 heteroatoms. The molecular weight excluding hydrogens is 296 g/mol. The topological polar surface area (TPSA) is 79.5 Å². The van der Waals surface area contributed by atoms with Crippen molar-refractivity contribution >= 4 is 17.6 Å². The Morgan fingerprint density at radius 2 is 2.00 bits per heavy atom. The first-order valence-corrected chi connectivity index (χ1v) is 6.64. The molecule has 0 aliphatic rings. The van der Waals surface area contributed by atoms with Gasteiger partial charge in [-0.3, -0.25) is 10.1 Å². The summed E-state index contributed by atoms with van der Waals surface area (Å²) in [5.74, 6) is -0.209. The van der Waals surface area contributed by atoms with Crippen LogP contribution in [0.1, 0.15) is 12.5 Å². The summed E-state index contributed by atoms with van der Waals surface area (Å²) in [5, 5.41) is 7.27. The summed E-state index contributed by atoms with van der Waals surface area (Å²) >= 11 is 0. The summed E-state index contributed by atoms with van der Waals surface area (Å²) in [6.45, 7) is 2.60. The lowest BCUT2D eigenvalue weighted by atomic mass is 10.2. The van der Waals surface area contributed by atoms with Crippen LogP contribution in [0, 0.1) is 6.92 Å². The highest BCUT2D eigenvalue weighted by molar-refractivity contribution is 5.97. The van der Waals surface area contributed by atoms with E-state index < -0.39 is 31.0 Å². The van der Waals surface area contributed by atoms with Crippen LogP contribution in [-0.4, -0.2) is 38.1 Å². The molecule has 1 rings (SSSR count). The van der Waals surface area contributed by atoms with Crippen molar-refractivity contribution in [2.24, 2.45) is 0 Å². The first-order valence-electron chi connectivity index (χ1n) is 6.64. The molecule has 122 valence electrons. The minimum absolute atomic E-state index is 0.309. The number of aryl methyl sites for hydroxylation is 1. The van der Waals surface area contributed by atoms with Crippen molar-refractivity contribution in [1.29, 1.82) is 0 Å². The Morgan fingerprint density at radius 1 is 1.32 bits per heavy atom. The van der Waals surface area contributed by atoms with Gasteiger partial charge >= 0.3 is 6.03 Å². The molecule has 6 nitrogen and oxygen atoms in total. The normalized spacial score (nSPS) is 11.7. The van der Waals surface area contributed by atoms with E-state index in [9.17, 15) is 18.4 Å². The number of carbonyl (C=O) groups is 2. The number of rotatable bonds is 6. The van der Waals surface area contributed by atoms with E-state index in [4.69, 9.17) is 4.74 Å². The molecule has 0 heterocycles. The standard InChI is InChI=1S/C14H19F2N3O3/c1-8-4-5-10(6-11(8)22-7-12(15)16)18-9(2)13(20)19-14(21)17-3/h4-6,9,12,18H,7H2,1-3H3,(H2,17,19,20,21)/t9-/m0/s1. The third-order valence-electron chi connectivity index (χ3n) is 2.79. The van der Waals surface area contributed by atoms with Crippen LogP contribution in [0.3, 0.4) is 0 Å². The summed E-state index contributed by atoms with van der Waals surface area (Å²) < 4.78 is 29.4. The second kappa shape index (κ2) is 8.16. The van der Waals surface area contributed by atoms with Crippen molar-refractivity contribution in [3.63, 3.8) is 0 Å². The number of alkyl halides is 2. The minimum atomic E-state index is -2.56. The zero-order valence-corrected chi connectivity index (χ0v) is 12.6. The zero-order chi connectivity index (χ0) is 16.7. The molecule has 22 heavy (non-hydrogen) atoms. The number of amides is 3. The lowest BCUT2D eigenvalue weighted by Crippen LogP contribution is -2.44. The first kappa shape index (κ1) is 17.7. The predicted octanol–water partition coefficient (Wildman–Crippen LogP) is 1.89. The molecule has 0 saturated heterocycles. The number of hydrogen-bond acceptors (Lipinski definition) is 4. The van der Waals surface area contributed by atoms with Gasteiger partial charge in [0.25, 0.3) is 6.43 Å². The van der Waals surface area contributed by atoms with E-state index in [0.717, 1.165) is 0 Å². The maximum absolute atomic E-state index is 12.2. The predicted molar refractivity (Wildman–Crippen MR) is 78.4 cm³/mol. The fourth-order valence-corrected chi connectivity index (χ4v) is 1.60. The average molecular weight is 315 g/mol. The van der Waals surface area contributed by atoms with E-state index in [0.29, 0.717) is 17.0 Å². The lowest BCUT2D eigenvalue weighted by Gasteiger charge is -2.16. The third-order valence-corrected chi connectivity index (χ3v) is 2.79. The van der Waals surface area contributed by atoms with E-state index in [1.165, 1.54) is 13.1 Å². The zero-order valence-electron chi connectivity index (χ0n) is 12.6. The number of urea groups is 1. The molecular formula is C14H19F2N3O3. The Labute approximate surface area is 127 Å². The molecule has 0 bridgehead atoms. The fourth-order valence-electron chi connectivity index (χ4n) is 1.60. The summed E-state index contributed by atoms with van der Waals surface area (Å²) in [5.41, 5.74) is 1.23. The number of carbonyl (C=O) groups excluding carboxylic acids is 2. The van der Waals surface area contributed by atoms with Crippen LogP contribution in [-0.2, 0) is 4.79 Å². The molecule has 0 unspecified atom stereocenters. The van der Waals surface area contributed by atoms with Crippen molar-refractivity contribution in [2.45, 2.75) is 26.3 Å². The Morgan fingerprint density at radius 3 is 2.59 bits per heavy atom. The molecule has 0 saturated carbocycles. The summed E-state index contributed by atoms with van der Waals surface area (Å²) in [6.07, 6.45) is -2.56. The van der Waals surface area contributed by atoms with Gasteiger partial charge in [0.15, 0.2) is 0 Å². The second-order valence-electron chi connectivity index (χ2n) is 4.62.